The van der Waals surface area contributed by atoms with Crippen molar-refractivity contribution in [3.05, 3.63) is 23.8 Å². The average Bonchev–Trinajstić information content (AvgIpc) is 2.36. The van der Waals surface area contributed by atoms with Crippen molar-refractivity contribution in [3.63, 3.8) is 0 Å². The number of hydrogen-bond acceptors (Lipinski definition) is 4. The number of ether oxygens (including phenoxy) is 1. The van der Waals surface area contributed by atoms with Crippen molar-refractivity contribution in [2.24, 2.45) is 5.73 Å². The van der Waals surface area contributed by atoms with E-state index < -0.39 is 5.60 Å². The molecule has 19 heavy (non-hydrogen) atoms. The van der Waals surface area contributed by atoms with Crippen LogP contribution in [0.1, 0.15) is 38.3 Å². The molecule has 0 saturated carbocycles. The molecule has 0 radical (unpaired) electrons. The number of aliphatic hydroxyl groups is 1. The first-order chi connectivity index (χ1) is 8.94. The van der Waals surface area contributed by atoms with Gasteiger partial charge in [-0.1, -0.05) is 6.07 Å². The average molecular weight is 264 g/mol. The molecular formula is C15H24N2O2. The second kappa shape index (κ2) is 5.39. The number of anilines is 1. The summed E-state index contributed by atoms with van der Waals surface area (Å²) < 4.78 is 5.42. The quantitative estimate of drug-likeness (QED) is 0.877. The van der Waals surface area contributed by atoms with Gasteiger partial charge >= 0.3 is 0 Å². The van der Waals surface area contributed by atoms with Gasteiger partial charge in [-0.15, -0.1) is 0 Å². The molecule has 2 unspecified atom stereocenters. The van der Waals surface area contributed by atoms with Crippen LogP contribution in [0.5, 0.6) is 5.75 Å². The Hall–Kier alpha value is -1.26. The number of methoxy groups -OCH3 is 1. The van der Waals surface area contributed by atoms with E-state index in [0.29, 0.717) is 6.54 Å². The van der Waals surface area contributed by atoms with Crippen LogP contribution in [0.3, 0.4) is 0 Å². The van der Waals surface area contributed by atoms with Gasteiger partial charge < -0.3 is 20.5 Å². The van der Waals surface area contributed by atoms with Crippen molar-refractivity contribution < 1.29 is 9.84 Å². The van der Waals surface area contributed by atoms with E-state index in [1.54, 1.807) is 7.11 Å². The highest BCUT2D eigenvalue weighted by Crippen LogP contribution is 2.36. The number of piperidine rings is 1. The molecule has 0 bridgehead atoms. The number of nitrogens with two attached hydrogens (primary N) is 1. The van der Waals surface area contributed by atoms with Gasteiger partial charge in [0.05, 0.1) is 12.7 Å². The maximum Gasteiger partial charge on any atom is 0.125 e. The first-order valence-corrected chi connectivity index (χ1v) is 6.84. The predicted octanol–water partition coefficient (Wildman–Crippen LogP) is 2.07. The Morgan fingerprint density at radius 3 is 2.79 bits per heavy atom. The van der Waals surface area contributed by atoms with Gasteiger partial charge in [0.1, 0.15) is 5.75 Å². The zero-order chi connectivity index (χ0) is 14.0. The third kappa shape index (κ3) is 3.01. The summed E-state index contributed by atoms with van der Waals surface area (Å²) in [5.41, 5.74) is 7.56. The molecule has 4 heteroatoms. The van der Waals surface area contributed by atoms with Gasteiger partial charge in [-0.2, -0.15) is 0 Å². The Morgan fingerprint density at radius 1 is 1.47 bits per heavy atom. The molecule has 0 amide bonds. The van der Waals surface area contributed by atoms with E-state index in [4.69, 9.17) is 10.5 Å². The van der Waals surface area contributed by atoms with Crippen LogP contribution in [-0.2, 0) is 0 Å². The van der Waals surface area contributed by atoms with Gasteiger partial charge in [0.2, 0.25) is 0 Å². The highest BCUT2D eigenvalue weighted by atomic mass is 16.5. The highest BCUT2D eigenvalue weighted by molar-refractivity contribution is 5.61. The van der Waals surface area contributed by atoms with Crippen LogP contribution >= 0.6 is 0 Å². The van der Waals surface area contributed by atoms with Crippen molar-refractivity contribution >= 4 is 5.69 Å². The van der Waals surface area contributed by atoms with Crippen LogP contribution in [0.2, 0.25) is 0 Å². The molecule has 0 aliphatic carbocycles. The van der Waals surface area contributed by atoms with Crippen molar-refractivity contribution in [2.75, 3.05) is 25.1 Å². The molecule has 1 aromatic carbocycles. The number of hydrogen-bond donors (Lipinski definition) is 2. The normalized spacial score (nSPS) is 25.2. The predicted molar refractivity (Wildman–Crippen MR) is 77.7 cm³/mol. The van der Waals surface area contributed by atoms with Crippen LogP contribution < -0.4 is 15.4 Å². The summed E-state index contributed by atoms with van der Waals surface area (Å²) in [6.45, 7) is 5.44. The first kappa shape index (κ1) is 14.2. The first-order valence-electron chi connectivity index (χ1n) is 6.84. The smallest absolute Gasteiger partial charge is 0.125 e. The van der Waals surface area contributed by atoms with E-state index in [-0.39, 0.29) is 6.04 Å². The molecule has 0 spiro atoms. The second-order valence-electron chi connectivity index (χ2n) is 5.70. The maximum absolute atomic E-state index is 10.3. The van der Waals surface area contributed by atoms with E-state index in [9.17, 15) is 5.11 Å². The minimum Gasteiger partial charge on any atom is -0.496 e. The highest BCUT2D eigenvalue weighted by Gasteiger charge is 2.30. The Balaban J connectivity index is 2.38. The van der Waals surface area contributed by atoms with E-state index in [1.807, 2.05) is 26.0 Å². The van der Waals surface area contributed by atoms with Crippen LogP contribution in [0.25, 0.3) is 0 Å². The van der Waals surface area contributed by atoms with Crippen LogP contribution in [-0.4, -0.2) is 30.9 Å². The van der Waals surface area contributed by atoms with Gasteiger partial charge in [-0.3, -0.25) is 0 Å². The fraction of sp³-hybridized carbons (Fsp3) is 0.600. The molecular weight excluding hydrogens is 240 g/mol. The van der Waals surface area contributed by atoms with E-state index in [0.717, 1.165) is 36.4 Å². The van der Waals surface area contributed by atoms with Gasteiger partial charge in [0, 0.05) is 30.4 Å². The fourth-order valence-corrected chi connectivity index (χ4v) is 2.87. The van der Waals surface area contributed by atoms with E-state index in [2.05, 4.69) is 11.0 Å². The van der Waals surface area contributed by atoms with Crippen molar-refractivity contribution in [3.8, 4) is 5.75 Å². The summed E-state index contributed by atoms with van der Waals surface area (Å²) in [5.74, 6) is 0.817. The van der Waals surface area contributed by atoms with E-state index in [1.165, 1.54) is 0 Å². The summed E-state index contributed by atoms with van der Waals surface area (Å²) in [6, 6.07) is 5.87. The Kier molecular flexibility index (Phi) is 4.02. The van der Waals surface area contributed by atoms with Gasteiger partial charge in [0.15, 0.2) is 0 Å². The second-order valence-corrected chi connectivity index (χ2v) is 5.70. The summed E-state index contributed by atoms with van der Waals surface area (Å²) in [4.78, 5) is 2.21. The Bertz CT molecular complexity index is 444. The lowest BCUT2D eigenvalue weighted by Gasteiger charge is -2.39. The SMILES string of the molecule is COc1cccc(N2CCCC(C)(O)C2)c1C(C)N. The molecule has 1 saturated heterocycles. The summed E-state index contributed by atoms with van der Waals surface area (Å²) >= 11 is 0. The zero-order valence-electron chi connectivity index (χ0n) is 12.0. The lowest BCUT2D eigenvalue weighted by Crippen LogP contribution is -2.46. The minimum absolute atomic E-state index is 0.0991. The molecule has 106 valence electrons. The standard InChI is InChI=1S/C15H24N2O2/c1-11(16)14-12(6-4-7-13(14)19-3)17-9-5-8-15(2,18)10-17/h4,6-7,11,18H,5,8-10,16H2,1-3H3. The monoisotopic (exact) mass is 264 g/mol. The van der Waals surface area contributed by atoms with Crippen LogP contribution in [0, 0.1) is 0 Å². The molecule has 3 N–H and O–H groups in total. The molecule has 0 aromatic heterocycles. The molecule has 1 heterocycles. The van der Waals surface area contributed by atoms with Crippen LogP contribution in [0.15, 0.2) is 18.2 Å². The van der Waals surface area contributed by atoms with Gasteiger partial charge in [0.25, 0.3) is 0 Å². The third-order valence-electron chi connectivity index (χ3n) is 3.73. The van der Waals surface area contributed by atoms with E-state index >= 15 is 0 Å². The third-order valence-corrected chi connectivity index (χ3v) is 3.73. The molecule has 4 nitrogen and oxygen atoms in total. The summed E-state index contributed by atoms with van der Waals surface area (Å²) in [6.07, 6.45) is 1.84. The Labute approximate surface area is 115 Å². The molecule has 2 rings (SSSR count). The maximum atomic E-state index is 10.3. The molecule has 2 atom stereocenters. The number of benzene rings is 1. The van der Waals surface area contributed by atoms with Crippen molar-refractivity contribution in [1.82, 2.24) is 0 Å². The number of β-amino-alcohol motifs (C(OH)–C–C–N with tert-alkyl or cyclic N) is 1. The summed E-state index contributed by atoms with van der Waals surface area (Å²) in [7, 11) is 1.66. The molecule has 1 aromatic rings. The van der Waals surface area contributed by atoms with Crippen molar-refractivity contribution in [2.45, 2.75) is 38.3 Å². The Morgan fingerprint density at radius 2 is 2.21 bits per heavy atom. The van der Waals surface area contributed by atoms with Crippen LogP contribution in [0.4, 0.5) is 5.69 Å². The minimum atomic E-state index is -0.629. The van der Waals surface area contributed by atoms with Gasteiger partial charge in [-0.25, -0.2) is 0 Å². The topological polar surface area (TPSA) is 58.7 Å². The molecule has 1 aliphatic rings. The number of rotatable bonds is 3. The van der Waals surface area contributed by atoms with Gasteiger partial charge in [-0.05, 0) is 38.8 Å². The zero-order valence-corrected chi connectivity index (χ0v) is 12.0. The summed E-state index contributed by atoms with van der Waals surface area (Å²) in [5, 5.41) is 10.3. The lowest BCUT2D eigenvalue weighted by atomic mass is 9.93. The fourth-order valence-electron chi connectivity index (χ4n) is 2.87. The lowest BCUT2D eigenvalue weighted by molar-refractivity contribution is 0.0448. The van der Waals surface area contributed by atoms with Crippen molar-refractivity contribution in [1.29, 1.82) is 0 Å². The number of nitrogens with zero attached hydrogens (tertiary/aromatic N) is 1. The molecule has 1 aliphatic heterocycles. The largest absolute Gasteiger partial charge is 0.496 e. The molecule has 1 fully saturated rings.